The third-order valence-electron chi connectivity index (χ3n) is 4.58. The number of ether oxygens (including phenoxy) is 1. The number of amides is 1. The zero-order chi connectivity index (χ0) is 21.7. The molecule has 1 fully saturated rings. The third kappa shape index (κ3) is 5.77. The van der Waals surface area contributed by atoms with Crippen molar-refractivity contribution < 1.29 is 23.2 Å². The van der Waals surface area contributed by atoms with Crippen LogP contribution in [0, 0.1) is 10.1 Å². The van der Waals surface area contributed by atoms with Crippen molar-refractivity contribution in [2.24, 2.45) is 0 Å². The molecule has 1 N–H and O–H groups in total. The lowest BCUT2D eigenvalue weighted by atomic mass is 10.2. The minimum Gasteiger partial charge on any atom is -0.435 e. The van der Waals surface area contributed by atoms with Crippen molar-refractivity contribution in [2.45, 2.75) is 6.61 Å². The molecule has 3 rings (SSSR count). The number of alkyl halides is 2. The van der Waals surface area contributed by atoms with E-state index >= 15 is 0 Å². The number of nitro benzene ring substituents is 1. The minimum absolute atomic E-state index is 0.00964. The molecule has 30 heavy (non-hydrogen) atoms. The highest BCUT2D eigenvalue weighted by atomic mass is 35.5. The molecule has 0 aromatic heterocycles. The van der Waals surface area contributed by atoms with Crippen molar-refractivity contribution in [3.05, 3.63) is 57.6 Å². The molecule has 0 radical (unpaired) electrons. The average molecular weight is 441 g/mol. The van der Waals surface area contributed by atoms with E-state index in [4.69, 9.17) is 11.6 Å². The Morgan fingerprint density at radius 3 is 2.43 bits per heavy atom. The van der Waals surface area contributed by atoms with Crippen LogP contribution in [0.1, 0.15) is 0 Å². The summed E-state index contributed by atoms with van der Waals surface area (Å²) in [5, 5.41) is 14.3. The molecular weight excluding hydrogens is 422 g/mol. The van der Waals surface area contributed by atoms with Gasteiger partial charge < -0.3 is 15.0 Å². The van der Waals surface area contributed by atoms with Crippen LogP contribution in [-0.4, -0.2) is 55.1 Å². The molecule has 11 heteroatoms. The lowest BCUT2D eigenvalue weighted by Crippen LogP contribution is -2.48. The number of nitrogens with one attached hydrogen (secondary N) is 1. The summed E-state index contributed by atoms with van der Waals surface area (Å²) >= 11 is 5.86. The number of rotatable bonds is 7. The van der Waals surface area contributed by atoms with Gasteiger partial charge in [0.1, 0.15) is 11.4 Å². The second-order valence-electron chi connectivity index (χ2n) is 6.60. The quantitative estimate of drug-likeness (QED) is 0.522. The van der Waals surface area contributed by atoms with E-state index in [-0.39, 0.29) is 23.9 Å². The van der Waals surface area contributed by atoms with E-state index in [1.807, 2.05) is 9.80 Å². The molecule has 1 amide bonds. The lowest BCUT2D eigenvalue weighted by molar-refractivity contribution is -0.384. The summed E-state index contributed by atoms with van der Waals surface area (Å²) in [5.74, 6) is -0.237. The molecule has 1 saturated heterocycles. The predicted molar refractivity (Wildman–Crippen MR) is 108 cm³/mol. The molecule has 1 aliphatic heterocycles. The predicted octanol–water partition coefficient (Wildman–Crippen LogP) is 3.61. The van der Waals surface area contributed by atoms with Gasteiger partial charge in [0.2, 0.25) is 5.91 Å². The summed E-state index contributed by atoms with van der Waals surface area (Å²) in [6.45, 7) is -0.613. The van der Waals surface area contributed by atoms with Crippen LogP contribution >= 0.6 is 11.6 Å². The monoisotopic (exact) mass is 440 g/mol. The van der Waals surface area contributed by atoms with Crippen LogP contribution in [0.4, 0.5) is 25.8 Å². The Balaban J connectivity index is 1.51. The Labute approximate surface area is 176 Å². The molecule has 0 aliphatic carbocycles. The number of nitrogens with zero attached hydrogens (tertiary/aromatic N) is 3. The molecular formula is C19H19ClF2N4O4. The Kier molecular flexibility index (Phi) is 7.01. The number of hydrogen-bond donors (Lipinski definition) is 1. The van der Waals surface area contributed by atoms with Gasteiger partial charge in [-0.2, -0.15) is 8.78 Å². The maximum absolute atomic E-state index is 12.3. The van der Waals surface area contributed by atoms with Gasteiger partial charge in [0, 0.05) is 43.0 Å². The Morgan fingerprint density at radius 1 is 1.17 bits per heavy atom. The third-order valence-corrected chi connectivity index (χ3v) is 4.81. The first kappa shape index (κ1) is 21.7. The molecule has 1 aliphatic rings. The van der Waals surface area contributed by atoms with Crippen molar-refractivity contribution >= 4 is 34.6 Å². The summed E-state index contributed by atoms with van der Waals surface area (Å²) in [5.41, 5.74) is 0.921. The fourth-order valence-corrected chi connectivity index (χ4v) is 3.35. The number of carbonyl (C=O) groups is 1. The second kappa shape index (κ2) is 9.68. The van der Waals surface area contributed by atoms with Gasteiger partial charge in [-0.05, 0) is 36.4 Å². The molecule has 0 bridgehead atoms. The van der Waals surface area contributed by atoms with Gasteiger partial charge in [-0.3, -0.25) is 19.8 Å². The number of halogens is 3. The van der Waals surface area contributed by atoms with Crippen LogP contribution in [0.2, 0.25) is 5.02 Å². The molecule has 1 heterocycles. The molecule has 0 spiro atoms. The number of nitro groups is 1. The Morgan fingerprint density at radius 2 is 1.83 bits per heavy atom. The number of hydrogen-bond acceptors (Lipinski definition) is 6. The van der Waals surface area contributed by atoms with Gasteiger partial charge >= 0.3 is 6.61 Å². The van der Waals surface area contributed by atoms with E-state index in [2.05, 4.69) is 10.1 Å². The second-order valence-corrected chi connectivity index (χ2v) is 7.04. The van der Waals surface area contributed by atoms with Crippen molar-refractivity contribution in [3.8, 4) is 5.75 Å². The van der Waals surface area contributed by atoms with Crippen molar-refractivity contribution in [1.82, 2.24) is 4.90 Å². The largest absolute Gasteiger partial charge is 0.435 e. The summed E-state index contributed by atoms with van der Waals surface area (Å²) in [6, 6.07) is 10.2. The van der Waals surface area contributed by atoms with Gasteiger partial charge in [0.05, 0.1) is 11.5 Å². The number of anilines is 2. The zero-order valence-corrected chi connectivity index (χ0v) is 16.5. The summed E-state index contributed by atoms with van der Waals surface area (Å²) < 4.78 is 28.6. The standard InChI is InChI=1S/C19H19ClF2N4O4/c20-13-1-6-16(17(11-13)26(28)29)25-9-7-24(8-10-25)12-18(27)23-14-2-4-15(5-3-14)30-19(21)22/h1-6,11,19H,7-10,12H2,(H,23,27). The fraction of sp³-hybridized carbons (Fsp3) is 0.316. The van der Waals surface area contributed by atoms with Gasteiger partial charge in [0.25, 0.3) is 5.69 Å². The Bertz CT molecular complexity index is 906. The highest BCUT2D eigenvalue weighted by Crippen LogP contribution is 2.31. The van der Waals surface area contributed by atoms with Gasteiger partial charge in [-0.1, -0.05) is 11.6 Å². The van der Waals surface area contributed by atoms with Crippen LogP contribution in [0.3, 0.4) is 0 Å². The van der Waals surface area contributed by atoms with Crippen molar-refractivity contribution in [3.63, 3.8) is 0 Å². The van der Waals surface area contributed by atoms with Gasteiger partial charge in [0.15, 0.2) is 0 Å². The molecule has 2 aromatic carbocycles. The summed E-state index contributed by atoms with van der Waals surface area (Å²) in [4.78, 5) is 26.9. The van der Waals surface area contributed by atoms with E-state index in [1.165, 1.54) is 30.3 Å². The smallest absolute Gasteiger partial charge is 0.387 e. The molecule has 2 aromatic rings. The maximum atomic E-state index is 12.3. The van der Waals surface area contributed by atoms with E-state index in [0.717, 1.165) is 0 Å². The first-order valence-electron chi connectivity index (χ1n) is 9.08. The molecule has 8 nitrogen and oxygen atoms in total. The highest BCUT2D eigenvalue weighted by molar-refractivity contribution is 6.30. The van der Waals surface area contributed by atoms with Gasteiger partial charge in [-0.15, -0.1) is 0 Å². The van der Waals surface area contributed by atoms with Crippen LogP contribution in [0.25, 0.3) is 0 Å². The van der Waals surface area contributed by atoms with Crippen LogP contribution in [0.15, 0.2) is 42.5 Å². The minimum atomic E-state index is -2.90. The summed E-state index contributed by atoms with van der Waals surface area (Å²) in [7, 11) is 0. The van der Waals surface area contributed by atoms with Crippen molar-refractivity contribution in [2.75, 3.05) is 42.9 Å². The summed E-state index contributed by atoms with van der Waals surface area (Å²) in [6.07, 6.45) is 0. The number of benzene rings is 2. The zero-order valence-electron chi connectivity index (χ0n) is 15.8. The average Bonchev–Trinajstić information content (AvgIpc) is 2.69. The van der Waals surface area contributed by atoms with E-state index < -0.39 is 11.5 Å². The van der Waals surface area contributed by atoms with Crippen molar-refractivity contribution in [1.29, 1.82) is 0 Å². The number of piperazine rings is 1. The molecule has 0 saturated carbocycles. The van der Waals surface area contributed by atoms with Gasteiger partial charge in [-0.25, -0.2) is 0 Å². The van der Waals surface area contributed by atoms with E-state index in [9.17, 15) is 23.7 Å². The molecule has 0 atom stereocenters. The maximum Gasteiger partial charge on any atom is 0.387 e. The van der Waals surface area contributed by atoms with E-state index in [1.54, 1.807) is 12.1 Å². The molecule has 0 unspecified atom stereocenters. The number of carbonyl (C=O) groups excluding carboxylic acids is 1. The SMILES string of the molecule is O=C(CN1CCN(c2ccc(Cl)cc2[N+](=O)[O-])CC1)Nc1ccc(OC(F)F)cc1. The molecule has 160 valence electrons. The fourth-order valence-electron chi connectivity index (χ4n) is 3.18. The normalized spacial score (nSPS) is 14.6. The van der Waals surface area contributed by atoms with E-state index in [0.29, 0.717) is 42.6 Å². The Hall–Kier alpha value is -2.98. The van der Waals surface area contributed by atoms with Crippen LogP contribution in [-0.2, 0) is 4.79 Å². The van der Waals surface area contributed by atoms with Crippen LogP contribution < -0.4 is 15.0 Å². The first-order chi connectivity index (χ1) is 14.3. The topological polar surface area (TPSA) is 88.0 Å². The lowest BCUT2D eigenvalue weighted by Gasteiger charge is -2.35. The first-order valence-corrected chi connectivity index (χ1v) is 9.45. The van der Waals surface area contributed by atoms with Crippen LogP contribution in [0.5, 0.6) is 5.75 Å². The highest BCUT2D eigenvalue weighted by Gasteiger charge is 2.24.